The third-order valence-electron chi connectivity index (χ3n) is 4.08. The molecule has 4 nitrogen and oxygen atoms in total. The summed E-state index contributed by atoms with van der Waals surface area (Å²) in [4.78, 5) is 14.3. The van der Waals surface area contributed by atoms with E-state index in [0.717, 1.165) is 17.7 Å². The molecule has 0 saturated carbocycles. The predicted molar refractivity (Wildman–Crippen MR) is 83.9 cm³/mol. The molecule has 1 aliphatic heterocycles. The number of amides is 1. The fourth-order valence-corrected chi connectivity index (χ4v) is 2.83. The van der Waals surface area contributed by atoms with Crippen LogP contribution in [-0.2, 0) is 22.7 Å². The van der Waals surface area contributed by atoms with Gasteiger partial charge >= 0.3 is 0 Å². The monoisotopic (exact) mass is 290 g/mol. The van der Waals surface area contributed by atoms with Gasteiger partial charge in [-0.3, -0.25) is 9.69 Å². The zero-order chi connectivity index (χ0) is 15.1. The van der Waals surface area contributed by atoms with Gasteiger partial charge in [0.2, 0.25) is 5.91 Å². The highest BCUT2D eigenvalue weighted by molar-refractivity contribution is 5.78. The first-order valence-electron chi connectivity index (χ1n) is 7.76. The molecule has 2 rings (SSSR count). The molecular formula is C17H26N2O2. The SMILES string of the molecule is COCc1cccc(CNC(=O)CN2CCCCC2C)c1. The van der Waals surface area contributed by atoms with Gasteiger partial charge in [0.05, 0.1) is 13.2 Å². The number of piperidine rings is 1. The lowest BCUT2D eigenvalue weighted by Gasteiger charge is -2.32. The van der Waals surface area contributed by atoms with Gasteiger partial charge in [0, 0.05) is 19.7 Å². The highest BCUT2D eigenvalue weighted by atomic mass is 16.5. The van der Waals surface area contributed by atoms with E-state index in [1.807, 2.05) is 18.2 Å². The summed E-state index contributed by atoms with van der Waals surface area (Å²) in [6.07, 6.45) is 3.69. The molecule has 1 fully saturated rings. The summed E-state index contributed by atoms with van der Waals surface area (Å²) in [5.41, 5.74) is 2.25. The lowest BCUT2D eigenvalue weighted by Crippen LogP contribution is -2.44. The second-order valence-electron chi connectivity index (χ2n) is 5.84. The van der Waals surface area contributed by atoms with Crippen molar-refractivity contribution in [3.05, 3.63) is 35.4 Å². The van der Waals surface area contributed by atoms with Crippen molar-refractivity contribution < 1.29 is 9.53 Å². The van der Waals surface area contributed by atoms with Crippen LogP contribution < -0.4 is 5.32 Å². The van der Waals surface area contributed by atoms with Gasteiger partial charge in [-0.1, -0.05) is 30.7 Å². The van der Waals surface area contributed by atoms with Gasteiger partial charge in [-0.15, -0.1) is 0 Å². The fraction of sp³-hybridized carbons (Fsp3) is 0.588. The van der Waals surface area contributed by atoms with Gasteiger partial charge < -0.3 is 10.1 Å². The largest absolute Gasteiger partial charge is 0.380 e. The molecule has 1 saturated heterocycles. The highest BCUT2D eigenvalue weighted by Gasteiger charge is 2.20. The van der Waals surface area contributed by atoms with Gasteiger partial charge in [-0.25, -0.2) is 0 Å². The van der Waals surface area contributed by atoms with Crippen LogP contribution in [0.15, 0.2) is 24.3 Å². The normalized spacial score (nSPS) is 19.4. The summed E-state index contributed by atoms with van der Waals surface area (Å²) in [5.74, 6) is 0.112. The molecule has 1 heterocycles. The zero-order valence-electron chi connectivity index (χ0n) is 13.1. The van der Waals surface area contributed by atoms with E-state index in [1.54, 1.807) is 7.11 Å². The van der Waals surface area contributed by atoms with Crippen LogP contribution in [0.5, 0.6) is 0 Å². The van der Waals surface area contributed by atoms with E-state index in [2.05, 4.69) is 23.2 Å². The first-order chi connectivity index (χ1) is 10.2. The Morgan fingerprint density at radius 1 is 1.38 bits per heavy atom. The van der Waals surface area contributed by atoms with E-state index in [9.17, 15) is 4.79 Å². The molecule has 1 N–H and O–H groups in total. The summed E-state index contributed by atoms with van der Waals surface area (Å²) in [7, 11) is 1.69. The molecule has 116 valence electrons. The molecule has 4 heteroatoms. The molecule has 0 radical (unpaired) electrons. The molecule has 0 spiro atoms. The molecule has 1 atom stereocenters. The maximum absolute atomic E-state index is 12.1. The third kappa shape index (κ3) is 5.14. The van der Waals surface area contributed by atoms with Crippen molar-refractivity contribution in [2.75, 3.05) is 20.2 Å². The highest BCUT2D eigenvalue weighted by Crippen LogP contribution is 2.15. The van der Waals surface area contributed by atoms with Crippen LogP contribution in [0.1, 0.15) is 37.3 Å². The topological polar surface area (TPSA) is 41.6 Å². The number of hydrogen-bond donors (Lipinski definition) is 1. The van der Waals surface area contributed by atoms with E-state index < -0.39 is 0 Å². The first-order valence-corrected chi connectivity index (χ1v) is 7.76. The van der Waals surface area contributed by atoms with Gasteiger partial charge in [0.25, 0.3) is 0 Å². The molecule has 1 unspecified atom stereocenters. The van der Waals surface area contributed by atoms with Crippen LogP contribution >= 0.6 is 0 Å². The van der Waals surface area contributed by atoms with Crippen molar-refractivity contribution >= 4 is 5.91 Å². The van der Waals surface area contributed by atoms with Crippen molar-refractivity contribution in [2.45, 2.75) is 45.4 Å². The smallest absolute Gasteiger partial charge is 0.234 e. The summed E-state index contributed by atoms with van der Waals surface area (Å²) < 4.78 is 5.13. The number of hydrogen-bond acceptors (Lipinski definition) is 3. The Labute approximate surface area is 127 Å². The molecule has 1 amide bonds. The number of likely N-dealkylation sites (tertiary alicyclic amines) is 1. The minimum absolute atomic E-state index is 0.112. The number of carbonyl (C=O) groups excluding carboxylic acids is 1. The summed E-state index contributed by atoms with van der Waals surface area (Å²) >= 11 is 0. The molecule has 21 heavy (non-hydrogen) atoms. The Bertz CT molecular complexity index is 462. The fourth-order valence-electron chi connectivity index (χ4n) is 2.83. The predicted octanol–water partition coefficient (Wildman–Crippen LogP) is 2.32. The minimum atomic E-state index is 0.112. The maximum Gasteiger partial charge on any atom is 0.234 e. The number of methoxy groups -OCH3 is 1. The van der Waals surface area contributed by atoms with E-state index in [0.29, 0.717) is 25.7 Å². The molecular weight excluding hydrogens is 264 g/mol. The first kappa shape index (κ1) is 16.0. The molecule has 1 aliphatic rings. The van der Waals surface area contributed by atoms with Gasteiger partial charge in [0.15, 0.2) is 0 Å². The lowest BCUT2D eigenvalue weighted by molar-refractivity contribution is -0.123. The van der Waals surface area contributed by atoms with Crippen molar-refractivity contribution in [2.24, 2.45) is 0 Å². The Hall–Kier alpha value is -1.39. The quantitative estimate of drug-likeness (QED) is 0.874. The van der Waals surface area contributed by atoms with Crippen LogP contribution in [0.2, 0.25) is 0 Å². The standard InChI is InChI=1S/C17H26N2O2/c1-14-6-3-4-9-19(14)12-17(20)18-11-15-7-5-8-16(10-15)13-21-2/h5,7-8,10,14H,3-4,6,9,11-13H2,1-2H3,(H,18,20). The summed E-state index contributed by atoms with van der Waals surface area (Å²) in [6.45, 7) is 4.95. The Balaban J connectivity index is 1.79. The van der Waals surface area contributed by atoms with Crippen molar-refractivity contribution in [1.82, 2.24) is 10.2 Å². The van der Waals surface area contributed by atoms with Gasteiger partial charge in [-0.2, -0.15) is 0 Å². The Morgan fingerprint density at radius 2 is 2.19 bits per heavy atom. The maximum atomic E-state index is 12.1. The van der Waals surface area contributed by atoms with E-state index in [4.69, 9.17) is 4.74 Å². The zero-order valence-corrected chi connectivity index (χ0v) is 13.1. The minimum Gasteiger partial charge on any atom is -0.380 e. The average molecular weight is 290 g/mol. The van der Waals surface area contributed by atoms with Crippen LogP contribution in [0, 0.1) is 0 Å². The van der Waals surface area contributed by atoms with Crippen LogP contribution in [-0.4, -0.2) is 37.0 Å². The van der Waals surface area contributed by atoms with Crippen molar-refractivity contribution in [1.29, 1.82) is 0 Å². The van der Waals surface area contributed by atoms with E-state index >= 15 is 0 Å². The number of ether oxygens (including phenoxy) is 1. The molecule has 0 aliphatic carbocycles. The number of rotatable bonds is 6. The van der Waals surface area contributed by atoms with Crippen LogP contribution in [0.3, 0.4) is 0 Å². The van der Waals surface area contributed by atoms with Crippen LogP contribution in [0.4, 0.5) is 0 Å². The van der Waals surface area contributed by atoms with Crippen LogP contribution in [0.25, 0.3) is 0 Å². The molecule has 0 bridgehead atoms. The number of nitrogens with one attached hydrogen (secondary N) is 1. The Kier molecular flexibility index (Phi) is 6.21. The average Bonchev–Trinajstić information content (AvgIpc) is 2.48. The van der Waals surface area contributed by atoms with Crippen molar-refractivity contribution in [3.8, 4) is 0 Å². The van der Waals surface area contributed by atoms with Gasteiger partial charge in [0.1, 0.15) is 0 Å². The second-order valence-corrected chi connectivity index (χ2v) is 5.84. The number of nitrogens with zero attached hydrogens (tertiary/aromatic N) is 1. The van der Waals surface area contributed by atoms with Crippen molar-refractivity contribution in [3.63, 3.8) is 0 Å². The Morgan fingerprint density at radius 3 is 2.95 bits per heavy atom. The number of carbonyl (C=O) groups is 1. The van der Waals surface area contributed by atoms with Gasteiger partial charge in [-0.05, 0) is 37.4 Å². The third-order valence-corrected chi connectivity index (χ3v) is 4.08. The molecule has 1 aromatic carbocycles. The van der Waals surface area contributed by atoms with E-state index in [1.165, 1.54) is 19.3 Å². The number of benzene rings is 1. The van der Waals surface area contributed by atoms with E-state index in [-0.39, 0.29) is 5.91 Å². The molecule has 0 aromatic heterocycles. The summed E-state index contributed by atoms with van der Waals surface area (Å²) in [6, 6.07) is 8.66. The lowest BCUT2D eigenvalue weighted by atomic mass is 10.0. The molecule has 1 aromatic rings. The summed E-state index contributed by atoms with van der Waals surface area (Å²) in [5, 5.41) is 3.01. The second kappa shape index (κ2) is 8.15.